The fourth-order valence-electron chi connectivity index (χ4n) is 1.74. The quantitative estimate of drug-likeness (QED) is 0.867. The summed E-state index contributed by atoms with van der Waals surface area (Å²) in [6, 6.07) is 4.67. The van der Waals surface area contributed by atoms with Gasteiger partial charge in [0, 0.05) is 29.6 Å². The molecule has 0 bridgehead atoms. The lowest BCUT2D eigenvalue weighted by atomic mass is 10.1. The van der Waals surface area contributed by atoms with Gasteiger partial charge in [0.15, 0.2) is 0 Å². The molecule has 4 heteroatoms. The molecular formula is C12H16N2OS. The molecule has 3 nitrogen and oxygen atoms in total. The average Bonchev–Trinajstić information content (AvgIpc) is 2.88. The summed E-state index contributed by atoms with van der Waals surface area (Å²) in [5.74, 6) is 1.02. The van der Waals surface area contributed by atoms with E-state index in [0.29, 0.717) is 12.1 Å². The Hall–Kier alpha value is -1.13. The van der Waals surface area contributed by atoms with Crippen molar-refractivity contribution in [2.45, 2.75) is 32.4 Å². The summed E-state index contributed by atoms with van der Waals surface area (Å²) in [7, 11) is 0. The summed E-state index contributed by atoms with van der Waals surface area (Å²) in [6.45, 7) is 4.33. The van der Waals surface area contributed by atoms with Gasteiger partial charge < -0.3 is 9.73 Å². The van der Waals surface area contributed by atoms with Crippen LogP contribution in [0.1, 0.15) is 30.5 Å². The lowest BCUT2D eigenvalue weighted by Gasteiger charge is -2.17. The smallest absolute Gasteiger partial charge is 0.105 e. The zero-order valence-corrected chi connectivity index (χ0v) is 10.3. The van der Waals surface area contributed by atoms with Crippen LogP contribution in [0, 0.1) is 0 Å². The Morgan fingerprint density at radius 1 is 1.50 bits per heavy atom. The molecule has 0 radical (unpaired) electrons. The molecule has 0 fully saturated rings. The number of nitrogens with one attached hydrogen (secondary N) is 1. The second-order valence-corrected chi connectivity index (χ2v) is 4.89. The van der Waals surface area contributed by atoms with E-state index in [2.05, 4.69) is 24.1 Å². The fourth-order valence-corrected chi connectivity index (χ4v) is 2.38. The molecule has 0 aliphatic heterocycles. The molecular weight excluding hydrogens is 220 g/mol. The first-order valence-electron chi connectivity index (χ1n) is 5.42. The molecule has 2 rings (SSSR count). The van der Waals surface area contributed by atoms with E-state index in [1.54, 1.807) is 17.6 Å². The third-order valence-corrected chi connectivity index (χ3v) is 3.46. The van der Waals surface area contributed by atoms with E-state index >= 15 is 0 Å². The van der Waals surface area contributed by atoms with Crippen molar-refractivity contribution in [1.29, 1.82) is 0 Å². The monoisotopic (exact) mass is 236 g/mol. The van der Waals surface area contributed by atoms with Crippen molar-refractivity contribution < 1.29 is 4.42 Å². The van der Waals surface area contributed by atoms with Gasteiger partial charge in [0.25, 0.3) is 0 Å². The molecule has 0 aliphatic rings. The van der Waals surface area contributed by atoms with E-state index in [-0.39, 0.29) is 0 Å². The van der Waals surface area contributed by atoms with Crippen LogP contribution >= 0.6 is 11.3 Å². The zero-order valence-electron chi connectivity index (χ0n) is 9.51. The van der Waals surface area contributed by atoms with Crippen LogP contribution in [0.5, 0.6) is 0 Å². The van der Waals surface area contributed by atoms with Crippen molar-refractivity contribution >= 4 is 11.3 Å². The Balaban J connectivity index is 1.85. The van der Waals surface area contributed by atoms with Gasteiger partial charge in [-0.05, 0) is 26.0 Å². The molecule has 16 heavy (non-hydrogen) atoms. The van der Waals surface area contributed by atoms with Crippen molar-refractivity contribution in [2.75, 3.05) is 0 Å². The Labute approximate surface area is 99.5 Å². The Bertz CT molecular complexity index is 397. The lowest BCUT2D eigenvalue weighted by molar-refractivity contribution is 0.431. The van der Waals surface area contributed by atoms with Gasteiger partial charge >= 0.3 is 0 Å². The van der Waals surface area contributed by atoms with Gasteiger partial charge in [-0.3, -0.25) is 4.98 Å². The zero-order chi connectivity index (χ0) is 11.4. The molecule has 2 unspecified atom stereocenters. The molecule has 0 amide bonds. The molecule has 1 N–H and O–H groups in total. The standard InChI is InChI=1S/C12H16N2OS/c1-9(6-11-4-3-5-15-11)14-10(2)12-7-13-8-16-12/h3-5,7-10,14H,6H2,1-2H3. The van der Waals surface area contributed by atoms with E-state index in [0.717, 1.165) is 12.2 Å². The molecule has 2 atom stereocenters. The molecule has 2 aromatic heterocycles. The predicted octanol–water partition coefficient (Wildman–Crippen LogP) is 3.02. The summed E-state index contributed by atoms with van der Waals surface area (Å²) in [5, 5.41) is 3.53. The minimum atomic E-state index is 0.345. The van der Waals surface area contributed by atoms with Gasteiger partial charge in [0.1, 0.15) is 5.76 Å². The third-order valence-electron chi connectivity index (χ3n) is 2.50. The topological polar surface area (TPSA) is 38.1 Å². The maximum absolute atomic E-state index is 5.33. The molecule has 0 saturated carbocycles. The van der Waals surface area contributed by atoms with E-state index in [1.165, 1.54) is 4.88 Å². The number of furan rings is 1. The molecule has 0 spiro atoms. The second-order valence-electron chi connectivity index (χ2n) is 3.98. The maximum atomic E-state index is 5.33. The van der Waals surface area contributed by atoms with Crippen molar-refractivity contribution in [2.24, 2.45) is 0 Å². The average molecular weight is 236 g/mol. The van der Waals surface area contributed by atoms with Gasteiger partial charge in [-0.2, -0.15) is 0 Å². The van der Waals surface area contributed by atoms with Crippen LogP contribution in [0.4, 0.5) is 0 Å². The molecule has 0 aliphatic carbocycles. The van der Waals surface area contributed by atoms with Crippen LogP contribution in [0.25, 0.3) is 0 Å². The number of aromatic nitrogens is 1. The maximum Gasteiger partial charge on any atom is 0.105 e. The normalized spacial score (nSPS) is 14.9. The largest absolute Gasteiger partial charge is 0.469 e. The number of hydrogen-bond donors (Lipinski definition) is 1. The molecule has 0 saturated heterocycles. The Kier molecular flexibility index (Phi) is 3.74. The van der Waals surface area contributed by atoms with Gasteiger partial charge in [-0.15, -0.1) is 11.3 Å². The first-order valence-corrected chi connectivity index (χ1v) is 6.30. The highest BCUT2D eigenvalue weighted by Crippen LogP contribution is 2.17. The van der Waals surface area contributed by atoms with Gasteiger partial charge in [0.05, 0.1) is 11.8 Å². The van der Waals surface area contributed by atoms with Crippen molar-refractivity contribution in [3.63, 3.8) is 0 Å². The van der Waals surface area contributed by atoms with Crippen molar-refractivity contribution in [3.05, 3.63) is 40.7 Å². The first-order chi connectivity index (χ1) is 7.75. The summed E-state index contributed by atoms with van der Waals surface area (Å²) in [6.07, 6.45) is 4.55. The summed E-state index contributed by atoms with van der Waals surface area (Å²) >= 11 is 1.68. The Morgan fingerprint density at radius 3 is 3.00 bits per heavy atom. The number of thiazole rings is 1. The fraction of sp³-hybridized carbons (Fsp3) is 0.417. The van der Waals surface area contributed by atoms with Gasteiger partial charge in [-0.25, -0.2) is 0 Å². The van der Waals surface area contributed by atoms with E-state index in [9.17, 15) is 0 Å². The van der Waals surface area contributed by atoms with Crippen LogP contribution in [-0.4, -0.2) is 11.0 Å². The summed E-state index contributed by atoms with van der Waals surface area (Å²) < 4.78 is 5.33. The molecule has 0 aromatic carbocycles. The van der Waals surface area contributed by atoms with Crippen LogP contribution in [-0.2, 0) is 6.42 Å². The minimum absolute atomic E-state index is 0.345. The van der Waals surface area contributed by atoms with Crippen molar-refractivity contribution in [1.82, 2.24) is 10.3 Å². The highest BCUT2D eigenvalue weighted by Gasteiger charge is 2.11. The number of rotatable bonds is 5. The van der Waals surface area contributed by atoms with E-state index in [1.807, 2.05) is 23.8 Å². The van der Waals surface area contributed by atoms with Crippen LogP contribution in [0.2, 0.25) is 0 Å². The SMILES string of the molecule is CC(Cc1ccco1)NC(C)c1cncs1. The summed E-state index contributed by atoms with van der Waals surface area (Å²) in [5.41, 5.74) is 1.87. The van der Waals surface area contributed by atoms with Crippen LogP contribution in [0.15, 0.2) is 34.5 Å². The van der Waals surface area contributed by atoms with Gasteiger partial charge in [-0.1, -0.05) is 0 Å². The highest BCUT2D eigenvalue weighted by atomic mass is 32.1. The van der Waals surface area contributed by atoms with Crippen LogP contribution < -0.4 is 5.32 Å². The molecule has 2 heterocycles. The summed E-state index contributed by atoms with van der Waals surface area (Å²) in [4.78, 5) is 5.36. The predicted molar refractivity (Wildman–Crippen MR) is 65.5 cm³/mol. The molecule has 2 aromatic rings. The lowest BCUT2D eigenvalue weighted by Crippen LogP contribution is -2.30. The highest BCUT2D eigenvalue weighted by molar-refractivity contribution is 7.09. The number of hydrogen-bond acceptors (Lipinski definition) is 4. The van der Waals surface area contributed by atoms with Crippen LogP contribution in [0.3, 0.4) is 0 Å². The van der Waals surface area contributed by atoms with E-state index < -0.39 is 0 Å². The van der Waals surface area contributed by atoms with Crippen molar-refractivity contribution in [3.8, 4) is 0 Å². The van der Waals surface area contributed by atoms with Gasteiger partial charge in [0.2, 0.25) is 0 Å². The number of nitrogens with zero attached hydrogens (tertiary/aromatic N) is 1. The first kappa shape index (κ1) is 11.4. The Morgan fingerprint density at radius 2 is 2.38 bits per heavy atom. The second kappa shape index (κ2) is 5.27. The van der Waals surface area contributed by atoms with E-state index in [4.69, 9.17) is 4.42 Å². The minimum Gasteiger partial charge on any atom is -0.469 e. The molecule has 86 valence electrons. The third kappa shape index (κ3) is 2.93.